The number of carbonyl (C=O) groups excluding carboxylic acids is 1. The number of aryl methyl sites for hydroxylation is 1. The van der Waals surface area contributed by atoms with Gasteiger partial charge >= 0.3 is 0 Å². The van der Waals surface area contributed by atoms with Gasteiger partial charge in [-0.1, -0.05) is 23.7 Å². The lowest BCUT2D eigenvalue weighted by Gasteiger charge is -2.32. The number of rotatable bonds is 5. The Bertz CT molecular complexity index is 1290. The van der Waals surface area contributed by atoms with Crippen molar-refractivity contribution in [3.05, 3.63) is 72.0 Å². The zero-order chi connectivity index (χ0) is 23.5. The Kier molecular flexibility index (Phi) is 6.18. The smallest absolute Gasteiger partial charge is 0.230 e. The van der Waals surface area contributed by atoms with Crippen molar-refractivity contribution in [1.29, 1.82) is 0 Å². The van der Waals surface area contributed by atoms with Gasteiger partial charge in [-0.05, 0) is 44.0 Å². The minimum atomic E-state index is -0.181. The predicted molar refractivity (Wildman–Crippen MR) is 130 cm³/mol. The molecule has 1 aromatic carbocycles. The van der Waals surface area contributed by atoms with Gasteiger partial charge in [0.25, 0.3) is 0 Å². The van der Waals surface area contributed by atoms with E-state index in [1.165, 1.54) is 6.33 Å². The first kappa shape index (κ1) is 22.0. The second-order valence-corrected chi connectivity index (χ2v) is 8.60. The maximum Gasteiger partial charge on any atom is 0.230 e. The molecule has 4 heterocycles. The summed E-state index contributed by atoms with van der Waals surface area (Å²) < 4.78 is 1.84. The maximum absolute atomic E-state index is 13.0. The van der Waals surface area contributed by atoms with E-state index < -0.39 is 0 Å². The third-order valence-corrected chi connectivity index (χ3v) is 6.14. The Hall–Kier alpha value is -3.85. The molecule has 34 heavy (non-hydrogen) atoms. The Morgan fingerprint density at radius 3 is 2.65 bits per heavy atom. The summed E-state index contributed by atoms with van der Waals surface area (Å²) in [5.74, 6) is 2.44. The molecule has 5 rings (SSSR count). The van der Waals surface area contributed by atoms with E-state index >= 15 is 0 Å². The Morgan fingerprint density at radius 2 is 1.91 bits per heavy atom. The second kappa shape index (κ2) is 9.56. The first-order chi connectivity index (χ1) is 16.6. The van der Waals surface area contributed by atoms with Gasteiger partial charge in [0.05, 0.1) is 11.6 Å². The number of halogens is 1. The van der Waals surface area contributed by atoms with Gasteiger partial charge in [0, 0.05) is 42.1 Å². The molecule has 0 radical (unpaired) electrons. The molecule has 9 nitrogen and oxygen atoms in total. The fourth-order valence-corrected chi connectivity index (χ4v) is 4.19. The van der Waals surface area contributed by atoms with Crippen molar-refractivity contribution in [3.63, 3.8) is 0 Å². The van der Waals surface area contributed by atoms with Crippen LogP contribution >= 0.6 is 11.6 Å². The van der Waals surface area contributed by atoms with Gasteiger partial charge in [-0.15, -0.1) is 10.2 Å². The molecule has 0 bridgehead atoms. The van der Waals surface area contributed by atoms with E-state index in [1.807, 2.05) is 54.1 Å². The van der Waals surface area contributed by atoms with Crippen molar-refractivity contribution in [2.45, 2.75) is 19.8 Å². The number of carbonyl (C=O) groups is 1. The number of benzene rings is 1. The third kappa shape index (κ3) is 4.74. The van der Waals surface area contributed by atoms with Crippen LogP contribution in [0.5, 0.6) is 0 Å². The molecule has 1 N–H and O–H groups in total. The van der Waals surface area contributed by atoms with Crippen LogP contribution in [0.2, 0.25) is 5.02 Å². The van der Waals surface area contributed by atoms with Crippen LogP contribution in [0.25, 0.3) is 17.1 Å². The molecule has 1 unspecified atom stereocenters. The van der Waals surface area contributed by atoms with Crippen molar-refractivity contribution in [2.75, 3.05) is 23.3 Å². The Labute approximate surface area is 201 Å². The molecule has 1 saturated heterocycles. The van der Waals surface area contributed by atoms with Crippen molar-refractivity contribution in [2.24, 2.45) is 5.92 Å². The predicted octanol–water partition coefficient (Wildman–Crippen LogP) is 3.94. The van der Waals surface area contributed by atoms with Crippen LogP contribution in [-0.2, 0) is 4.79 Å². The topological polar surface area (TPSA) is 102 Å². The number of anilines is 2. The van der Waals surface area contributed by atoms with Gasteiger partial charge in [0.2, 0.25) is 5.91 Å². The van der Waals surface area contributed by atoms with E-state index in [-0.39, 0.29) is 11.8 Å². The fourth-order valence-electron chi connectivity index (χ4n) is 4.06. The van der Waals surface area contributed by atoms with Crippen molar-refractivity contribution in [1.82, 2.24) is 29.7 Å². The van der Waals surface area contributed by atoms with Gasteiger partial charge in [0.1, 0.15) is 23.8 Å². The van der Waals surface area contributed by atoms with Gasteiger partial charge in [-0.25, -0.2) is 15.0 Å². The van der Waals surface area contributed by atoms with Crippen LogP contribution in [0, 0.1) is 12.8 Å². The summed E-state index contributed by atoms with van der Waals surface area (Å²) >= 11 is 5.97. The molecule has 1 atom stereocenters. The molecule has 1 amide bonds. The molecule has 0 aliphatic carbocycles. The Morgan fingerprint density at radius 1 is 1.06 bits per heavy atom. The summed E-state index contributed by atoms with van der Waals surface area (Å²) in [7, 11) is 0. The van der Waals surface area contributed by atoms with Crippen LogP contribution in [0.4, 0.5) is 11.6 Å². The number of aromatic nitrogens is 6. The largest absolute Gasteiger partial charge is 0.354 e. The maximum atomic E-state index is 13.0. The number of nitrogens with zero attached hydrogens (tertiary/aromatic N) is 7. The highest BCUT2D eigenvalue weighted by atomic mass is 35.5. The molecular formula is C24H23ClN8O. The van der Waals surface area contributed by atoms with E-state index in [4.69, 9.17) is 11.6 Å². The monoisotopic (exact) mass is 474 g/mol. The van der Waals surface area contributed by atoms with Crippen molar-refractivity contribution >= 4 is 29.1 Å². The van der Waals surface area contributed by atoms with Crippen LogP contribution in [0.15, 0.2) is 61.2 Å². The molecule has 4 aromatic rings. The first-order valence-electron chi connectivity index (χ1n) is 11.0. The van der Waals surface area contributed by atoms with Gasteiger partial charge in [0.15, 0.2) is 5.82 Å². The molecule has 1 fully saturated rings. The molecule has 1 aliphatic rings. The lowest BCUT2D eigenvalue weighted by atomic mass is 9.97. The third-order valence-electron chi connectivity index (χ3n) is 5.88. The highest BCUT2D eigenvalue weighted by molar-refractivity contribution is 6.30. The fraction of sp³-hybridized carbons (Fsp3) is 0.250. The van der Waals surface area contributed by atoms with Gasteiger partial charge < -0.3 is 10.2 Å². The number of amides is 1. The van der Waals surface area contributed by atoms with E-state index in [0.717, 1.165) is 42.3 Å². The van der Waals surface area contributed by atoms with Crippen LogP contribution in [0.3, 0.4) is 0 Å². The molecule has 0 saturated carbocycles. The molecular weight excluding hydrogens is 452 g/mol. The zero-order valence-corrected chi connectivity index (χ0v) is 19.4. The standard InChI is InChI=1S/C24H23ClN8O/c1-16-26-10-12-33(16)23-13-21(27-15-28-23)29-24(34)18-3-2-11-32(14-18)22-9-8-20(30-31-22)17-4-6-19(25)7-5-17/h4-10,12-13,15,18H,2-3,11,14H2,1H3,(H,27,28,29,34). The number of imidazole rings is 1. The quantitative estimate of drug-likeness (QED) is 0.467. The summed E-state index contributed by atoms with van der Waals surface area (Å²) in [4.78, 5) is 27.8. The van der Waals surface area contributed by atoms with Crippen molar-refractivity contribution < 1.29 is 4.79 Å². The molecule has 0 spiro atoms. The van der Waals surface area contributed by atoms with Crippen LogP contribution < -0.4 is 10.2 Å². The Balaban J connectivity index is 1.25. The van der Waals surface area contributed by atoms with Gasteiger partial charge in [-0.3, -0.25) is 9.36 Å². The lowest BCUT2D eigenvalue weighted by molar-refractivity contribution is -0.120. The summed E-state index contributed by atoms with van der Waals surface area (Å²) in [6.07, 6.45) is 6.66. The summed E-state index contributed by atoms with van der Waals surface area (Å²) in [6.45, 7) is 3.29. The molecule has 1 aliphatic heterocycles. The number of hydrogen-bond donors (Lipinski definition) is 1. The summed E-state index contributed by atoms with van der Waals surface area (Å²) in [5.41, 5.74) is 1.73. The highest BCUT2D eigenvalue weighted by Crippen LogP contribution is 2.25. The zero-order valence-electron chi connectivity index (χ0n) is 18.6. The number of nitrogens with one attached hydrogen (secondary N) is 1. The van der Waals surface area contributed by atoms with E-state index in [2.05, 4.69) is 35.4 Å². The number of hydrogen-bond acceptors (Lipinski definition) is 7. The van der Waals surface area contributed by atoms with Gasteiger partial charge in [-0.2, -0.15) is 0 Å². The SMILES string of the molecule is Cc1nccn1-c1cc(NC(=O)C2CCCN(c3ccc(-c4ccc(Cl)cc4)nn3)C2)ncn1. The average molecular weight is 475 g/mol. The minimum absolute atomic E-state index is 0.0672. The second-order valence-electron chi connectivity index (χ2n) is 8.16. The summed E-state index contributed by atoms with van der Waals surface area (Å²) in [6, 6.07) is 13.1. The first-order valence-corrected chi connectivity index (χ1v) is 11.4. The number of piperidine rings is 1. The van der Waals surface area contributed by atoms with E-state index in [1.54, 1.807) is 12.3 Å². The van der Waals surface area contributed by atoms with E-state index in [9.17, 15) is 4.79 Å². The van der Waals surface area contributed by atoms with Crippen molar-refractivity contribution in [3.8, 4) is 17.1 Å². The average Bonchev–Trinajstić information content (AvgIpc) is 3.31. The highest BCUT2D eigenvalue weighted by Gasteiger charge is 2.27. The summed E-state index contributed by atoms with van der Waals surface area (Å²) in [5, 5.41) is 12.4. The van der Waals surface area contributed by atoms with Crippen LogP contribution in [0.1, 0.15) is 18.7 Å². The van der Waals surface area contributed by atoms with Crippen LogP contribution in [-0.4, -0.2) is 48.7 Å². The molecule has 172 valence electrons. The lowest BCUT2D eigenvalue weighted by Crippen LogP contribution is -2.41. The van der Waals surface area contributed by atoms with E-state index in [0.29, 0.717) is 23.2 Å². The normalized spacial score (nSPS) is 15.8. The minimum Gasteiger partial charge on any atom is -0.354 e. The molecule has 3 aromatic heterocycles. The molecule has 10 heteroatoms.